The van der Waals surface area contributed by atoms with Crippen molar-refractivity contribution in [2.24, 2.45) is 0 Å². The van der Waals surface area contributed by atoms with Crippen LogP contribution in [-0.4, -0.2) is 15.0 Å². The SMILES string of the molecule is Fc1cccc(-c2cnc3[nH]ccc3n2)c1. The van der Waals surface area contributed by atoms with Crippen molar-refractivity contribution >= 4 is 11.2 Å². The number of aromatic amines is 1. The van der Waals surface area contributed by atoms with Crippen molar-refractivity contribution < 1.29 is 4.39 Å². The zero-order valence-corrected chi connectivity index (χ0v) is 8.31. The number of H-pyrrole nitrogens is 1. The largest absolute Gasteiger partial charge is 0.345 e. The molecule has 1 N–H and O–H groups in total. The van der Waals surface area contributed by atoms with Crippen LogP contribution in [0.1, 0.15) is 0 Å². The Morgan fingerprint density at radius 3 is 3.00 bits per heavy atom. The number of nitrogens with zero attached hydrogens (tertiary/aromatic N) is 2. The van der Waals surface area contributed by atoms with Gasteiger partial charge >= 0.3 is 0 Å². The summed E-state index contributed by atoms with van der Waals surface area (Å²) >= 11 is 0. The van der Waals surface area contributed by atoms with E-state index in [1.165, 1.54) is 12.1 Å². The summed E-state index contributed by atoms with van der Waals surface area (Å²) in [5, 5.41) is 0. The second kappa shape index (κ2) is 3.41. The second-order valence-corrected chi connectivity index (χ2v) is 3.48. The van der Waals surface area contributed by atoms with Gasteiger partial charge in [0.2, 0.25) is 0 Å². The Morgan fingerprint density at radius 1 is 1.19 bits per heavy atom. The third kappa shape index (κ3) is 1.44. The minimum atomic E-state index is -0.270. The lowest BCUT2D eigenvalue weighted by Crippen LogP contribution is -1.87. The number of hydrogen-bond acceptors (Lipinski definition) is 2. The third-order valence-corrected chi connectivity index (χ3v) is 2.38. The maximum atomic E-state index is 13.1. The summed E-state index contributed by atoms with van der Waals surface area (Å²) in [6, 6.07) is 8.17. The first-order valence-corrected chi connectivity index (χ1v) is 4.89. The molecular weight excluding hydrogens is 205 g/mol. The molecule has 0 saturated carbocycles. The average Bonchev–Trinajstić information content (AvgIpc) is 2.75. The Balaban J connectivity index is 2.18. The van der Waals surface area contributed by atoms with E-state index in [4.69, 9.17) is 0 Å². The number of aromatic nitrogens is 3. The molecule has 0 aliphatic rings. The maximum absolute atomic E-state index is 13.1. The predicted molar refractivity (Wildman–Crippen MR) is 59.3 cm³/mol. The topological polar surface area (TPSA) is 41.6 Å². The number of benzene rings is 1. The van der Waals surface area contributed by atoms with Gasteiger partial charge in [0.05, 0.1) is 11.9 Å². The highest BCUT2D eigenvalue weighted by atomic mass is 19.1. The highest BCUT2D eigenvalue weighted by molar-refractivity contribution is 5.73. The van der Waals surface area contributed by atoms with Crippen LogP contribution in [-0.2, 0) is 0 Å². The van der Waals surface area contributed by atoms with E-state index in [1.54, 1.807) is 18.5 Å². The molecule has 0 unspecified atom stereocenters. The Morgan fingerprint density at radius 2 is 2.12 bits per heavy atom. The molecule has 0 radical (unpaired) electrons. The molecule has 78 valence electrons. The van der Waals surface area contributed by atoms with E-state index in [0.717, 1.165) is 16.7 Å². The quantitative estimate of drug-likeness (QED) is 0.675. The molecule has 0 bridgehead atoms. The van der Waals surface area contributed by atoms with E-state index in [2.05, 4.69) is 15.0 Å². The van der Waals surface area contributed by atoms with Crippen LogP contribution >= 0.6 is 0 Å². The summed E-state index contributed by atoms with van der Waals surface area (Å²) in [5.74, 6) is -0.270. The molecule has 3 aromatic rings. The monoisotopic (exact) mass is 213 g/mol. The number of rotatable bonds is 1. The Labute approximate surface area is 91.0 Å². The summed E-state index contributed by atoms with van der Waals surface area (Å²) < 4.78 is 13.1. The normalized spacial score (nSPS) is 10.8. The van der Waals surface area contributed by atoms with Crippen molar-refractivity contribution in [1.29, 1.82) is 0 Å². The molecule has 3 nitrogen and oxygen atoms in total. The molecule has 0 spiro atoms. The zero-order valence-electron chi connectivity index (χ0n) is 8.31. The number of hydrogen-bond donors (Lipinski definition) is 1. The molecule has 4 heteroatoms. The summed E-state index contributed by atoms with van der Waals surface area (Å²) in [5.41, 5.74) is 2.92. The lowest BCUT2D eigenvalue weighted by atomic mass is 10.1. The van der Waals surface area contributed by atoms with Crippen LogP contribution in [0.2, 0.25) is 0 Å². The molecule has 0 amide bonds. The highest BCUT2D eigenvalue weighted by Gasteiger charge is 2.03. The standard InChI is InChI=1S/C12H8FN3/c13-9-3-1-2-8(6-9)11-7-15-12-10(16-11)4-5-14-12/h1-7H,(H,14,15). The van der Waals surface area contributed by atoms with Crippen molar-refractivity contribution in [1.82, 2.24) is 15.0 Å². The third-order valence-electron chi connectivity index (χ3n) is 2.38. The smallest absolute Gasteiger partial charge is 0.156 e. The van der Waals surface area contributed by atoms with Gasteiger partial charge in [0.15, 0.2) is 5.65 Å². The summed E-state index contributed by atoms with van der Waals surface area (Å²) in [7, 11) is 0. The van der Waals surface area contributed by atoms with Gasteiger partial charge in [0.25, 0.3) is 0 Å². The summed E-state index contributed by atoms with van der Waals surface area (Å²) in [6.45, 7) is 0. The van der Waals surface area contributed by atoms with Crippen LogP contribution in [0.4, 0.5) is 4.39 Å². The fourth-order valence-corrected chi connectivity index (χ4v) is 1.62. The molecule has 0 saturated heterocycles. The van der Waals surface area contributed by atoms with Gasteiger partial charge in [-0.15, -0.1) is 0 Å². The van der Waals surface area contributed by atoms with Crippen molar-refractivity contribution in [3.63, 3.8) is 0 Å². The van der Waals surface area contributed by atoms with Crippen molar-refractivity contribution in [3.05, 3.63) is 48.5 Å². The van der Waals surface area contributed by atoms with E-state index in [9.17, 15) is 4.39 Å². The van der Waals surface area contributed by atoms with Gasteiger partial charge in [-0.25, -0.2) is 14.4 Å². The van der Waals surface area contributed by atoms with Gasteiger partial charge in [-0.2, -0.15) is 0 Å². The fourth-order valence-electron chi connectivity index (χ4n) is 1.62. The molecule has 0 aliphatic heterocycles. The fraction of sp³-hybridized carbons (Fsp3) is 0. The first kappa shape index (κ1) is 9.03. The van der Waals surface area contributed by atoms with Crippen LogP contribution < -0.4 is 0 Å². The van der Waals surface area contributed by atoms with E-state index in [-0.39, 0.29) is 5.82 Å². The lowest BCUT2D eigenvalue weighted by molar-refractivity contribution is 0.628. The van der Waals surface area contributed by atoms with Crippen LogP contribution in [0.25, 0.3) is 22.4 Å². The van der Waals surface area contributed by atoms with Gasteiger partial charge in [0.1, 0.15) is 11.3 Å². The molecule has 3 rings (SSSR count). The van der Waals surface area contributed by atoms with E-state index >= 15 is 0 Å². The van der Waals surface area contributed by atoms with E-state index in [0.29, 0.717) is 5.69 Å². The molecule has 0 aliphatic carbocycles. The minimum Gasteiger partial charge on any atom is -0.345 e. The molecule has 2 heterocycles. The van der Waals surface area contributed by atoms with Gasteiger partial charge in [-0.1, -0.05) is 12.1 Å². The number of fused-ring (bicyclic) bond motifs is 1. The van der Waals surface area contributed by atoms with Crippen molar-refractivity contribution in [2.45, 2.75) is 0 Å². The van der Waals surface area contributed by atoms with Crippen molar-refractivity contribution in [2.75, 3.05) is 0 Å². The molecule has 0 fully saturated rings. The van der Waals surface area contributed by atoms with Crippen LogP contribution in [0.3, 0.4) is 0 Å². The van der Waals surface area contributed by atoms with Crippen LogP contribution in [0, 0.1) is 5.82 Å². The summed E-state index contributed by atoms with van der Waals surface area (Å²) in [6.07, 6.45) is 3.41. The van der Waals surface area contributed by atoms with Crippen LogP contribution in [0.5, 0.6) is 0 Å². The van der Waals surface area contributed by atoms with Gasteiger partial charge in [0, 0.05) is 11.8 Å². The molecular formula is C12H8FN3. The molecule has 0 atom stereocenters. The number of halogens is 1. The first-order chi connectivity index (χ1) is 7.83. The Bertz CT molecular complexity index is 645. The Hall–Kier alpha value is -2.23. The minimum absolute atomic E-state index is 0.270. The number of nitrogens with one attached hydrogen (secondary N) is 1. The molecule has 2 aromatic heterocycles. The van der Waals surface area contributed by atoms with Gasteiger partial charge < -0.3 is 4.98 Å². The van der Waals surface area contributed by atoms with Gasteiger partial charge in [-0.05, 0) is 18.2 Å². The van der Waals surface area contributed by atoms with E-state index in [1.807, 2.05) is 12.1 Å². The first-order valence-electron chi connectivity index (χ1n) is 4.89. The molecule has 1 aromatic carbocycles. The summed E-state index contributed by atoms with van der Waals surface area (Å²) in [4.78, 5) is 11.6. The highest BCUT2D eigenvalue weighted by Crippen LogP contribution is 2.19. The maximum Gasteiger partial charge on any atom is 0.156 e. The predicted octanol–water partition coefficient (Wildman–Crippen LogP) is 2.76. The zero-order chi connectivity index (χ0) is 11.0. The second-order valence-electron chi connectivity index (χ2n) is 3.48. The molecule has 16 heavy (non-hydrogen) atoms. The van der Waals surface area contributed by atoms with E-state index < -0.39 is 0 Å². The Kier molecular flexibility index (Phi) is 1.93. The lowest BCUT2D eigenvalue weighted by Gasteiger charge is -2.00. The van der Waals surface area contributed by atoms with Crippen LogP contribution in [0.15, 0.2) is 42.7 Å². The van der Waals surface area contributed by atoms with Crippen molar-refractivity contribution in [3.8, 4) is 11.3 Å². The average molecular weight is 213 g/mol. The van der Waals surface area contributed by atoms with Gasteiger partial charge in [-0.3, -0.25) is 0 Å².